The van der Waals surface area contributed by atoms with Crippen LogP contribution in [0.5, 0.6) is 11.5 Å². The summed E-state index contributed by atoms with van der Waals surface area (Å²) in [6.45, 7) is 7.25. The highest BCUT2D eigenvalue weighted by molar-refractivity contribution is 5.81. The summed E-state index contributed by atoms with van der Waals surface area (Å²) in [5, 5.41) is 10.5. The van der Waals surface area contributed by atoms with Gasteiger partial charge in [0.2, 0.25) is 5.91 Å². The van der Waals surface area contributed by atoms with Crippen LogP contribution < -0.4 is 15.2 Å². The Hall–Kier alpha value is -1.79. The molecule has 0 spiro atoms. The molecule has 1 aliphatic carbocycles. The molecule has 1 saturated carbocycles. The van der Waals surface area contributed by atoms with E-state index in [0.717, 1.165) is 11.3 Å². The van der Waals surface area contributed by atoms with Crippen molar-refractivity contribution >= 4 is 5.91 Å². The van der Waals surface area contributed by atoms with Crippen molar-refractivity contribution in [2.45, 2.75) is 51.7 Å². The first-order valence-electron chi connectivity index (χ1n) is 9.79. The third-order valence-corrected chi connectivity index (χ3v) is 6.15. The van der Waals surface area contributed by atoms with E-state index in [9.17, 15) is 9.90 Å². The van der Waals surface area contributed by atoms with E-state index in [1.165, 1.54) is 12.8 Å². The van der Waals surface area contributed by atoms with Gasteiger partial charge in [-0.1, -0.05) is 13.0 Å². The van der Waals surface area contributed by atoms with Gasteiger partial charge in [0.1, 0.15) is 0 Å². The lowest BCUT2D eigenvalue weighted by molar-refractivity contribution is -0.131. The summed E-state index contributed by atoms with van der Waals surface area (Å²) >= 11 is 0. The molecule has 3 rings (SSSR count). The van der Waals surface area contributed by atoms with E-state index in [1.807, 2.05) is 25.1 Å². The number of aliphatic hydroxyl groups excluding tert-OH is 1. The number of carbonyl (C=O) groups is 1. The van der Waals surface area contributed by atoms with Crippen LogP contribution in [-0.4, -0.2) is 54.9 Å². The predicted molar refractivity (Wildman–Crippen MR) is 104 cm³/mol. The number of carbonyl (C=O) groups excluding carboxylic acids is 1. The molecule has 27 heavy (non-hydrogen) atoms. The van der Waals surface area contributed by atoms with E-state index in [-0.39, 0.29) is 11.8 Å². The number of nitrogens with zero attached hydrogens (tertiary/aromatic N) is 1. The SMILES string of the molecule is COc1ccc([C@@H]2CN(C(=O)[C@@H](C)N)C[C@@]2(C)[C@@H](C)O)cc1OCC1CC1. The molecule has 1 aromatic carbocycles. The van der Waals surface area contributed by atoms with E-state index in [4.69, 9.17) is 15.2 Å². The Bertz CT molecular complexity index is 687. The summed E-state index contributed by atoms with van der Waals surface area (Å²) in [5.74, 6) is 2.00. The Morgan fingerprint density at radius 1 is 1.37 bits per heavy atom. The van der Waals surface area contributed by atoms with Crippen molar-refractivity contribution in [1.29, 1.82) is 0 Å². The molecule has 0 aromatic heterocycles. The number of likely N-dealkylation sites (tertiary alicyclic amines) is 1. The van der Waals surface area contributed by atoms with Crippen LogP contribution in [0.15, 0.2) is 18.2 Å². The Morgan fingerprint density at radius 2 is 2.07 bits per heavy atom. The van der Waals surface area contributed by atoms with Crippen molar-refractivity contribution in [3.05, 3.63) is 23.8 Å². The van der Waals surface area contributed by atoms with Crippen molar-refractivity contribution in [2.24, 2.45) is 17.1 Å². The zero-order chi connectivity index (χ0) is 19.8. The fourth-order valence-corrected chi connectivity index (χ4v) is 3.90. The van der Waals surface area contributed by atoms with Gasteiger partial charge < -0.3 is 25.2 Å². The van der Waals surface area contributed by atoms with Gasteiger partial charge in [0.25, 0.3) is 0 Å². The third kappa shape index (κ3) is 4.06. The highest BCUT2D eigenvalue weighted by Crippen LogP contribution is 2.47. The van der Waals surface area contributed by atoms with Crippen LogP contribution in [0.3, 0.4) is 0 Å². The van der Waals surface area contributed by atoms with Gasteiger partial charge in [-0.05, 0) is 50.3 Å². The maximum Gasteiger partial charge on any atom is 0.239 e. The third-order valence-electron chi connectivity index (χ3n) is 6.15. The highest BCUT2D eigenvalue weighted by atomic mass is 16.5. The molecule has 0 radical (unpaired) electrons. The molecule has 2 fully saturated rings. The van der Waals surface area contributed by atoms with Gasteiger partial charge in [-0.25, -0.2) is 0 Å². The molecule has 4 atom stereocenters. The van der Waals surface area contributed by atoms with Gasteiger partial charge in [-0.2, -0.15) is 0 Å². The van der Waals surface area contributed by atoms with E-state index in [2.05, 4.69) is 0 Å². The smallest absolute Gasteiger partial charge is 0.239 e. The molecule has 150 valence electrons. The summed E-state index contributed by atoms with van der Waals surface area (Å²) in [4.78, 5) is 14.2. The van der Waals surface area contributed by atoms with Crippen LogP contribution in [0.1, 0.15) is 45.1 Å². The maximum absolute atomic E-state index is 12.5. The lowest BCUT2D eigenvalue weighted by Gasteiger charge is -2.34. The Morgan fingerprint density at radius 3 is 2.63 bits per heavy atom. The van der Waals surface area contributed by atoms with Crippen LogP contribution in [0.4, 0.5) is 0 Å². The second kappa shape index (κ2) is 7.68. The first-order chi connectivity index (χ1) is 12.8. The number of rotatable bonds is 7. The summed E-state index contributed by atoms with van der Waals surface area (Å²) < 4.78 is 11.5. The van der Waals surface area contributed by atoms with Crippen molar-refractivity contribution in [3.8, 4) is 11.5 Å². The number of aliphatic hydroxyl groups is 1. The Labute approximate surface area is 161 Å². The summed E-state index contributed by atoms with van der Waals surface area (Å²) in [7, 11) is 1.64. The number of methoxy groups -OCH3 is 1. The van der Waals surface area contributed by atoms with Gasteiger partial charge in [0, 0.05) is 24.4 Å². The van der Waals surface area contributed by atoms with Crippen LogP contribution in [-0.2, 0) is 4.79 Å². The van der Waals surface area contributed by atoms with Gasteiger partial charge in [0.15, 0.2) is 11.5 Å². The number of hydrogen-bond donors (Lipinski definition) is 2. The van der Waals surface area contributed by atoms with Gasteiger partial charge >= 0.3 is 0 Å². The number of benzene rings is 1. The van der Waals surface area contributed by atoms with Crippen LogP contribution in [0.2, 0.25) is 0 Å². The average molecular weight is 376 g/mol. The second-order valence-electron chi connectivity index (χ2n) is 8.41. The summed E-state index contributed by atoms with van der Waals surface area (Å²) in [5.41, 5.74) is 6.40. The standard InChI is InChI=1S/C21H32N2O4/c1-13(22)20(25)23-10-17(21(3,12-23)14(2)24)16-7-8-18(26-4)19(9-16)27-11-15-5-6-15/h7-9,13-15,17,24H,5-6,10-12,22H2,1-4H3/t13-,14-,17+,21+/m1/s1. The minimum Gasteiger partial charge on any atom is -0.493 e. The molecule has 6 nitrogen and oxygen atoms in total. The highest BCUT2D eigenvalue weighted by Gasteiger charge is 2.48. The molecular weight excluding hydrogens is 344 g/mol. The van der Waals surface area contributed by atoms with E-state index in [0.29, 0.717) is 31.4 Å². The fourth-order valence-electron chi connectivity index (χ4n) is 3.90. The van der Waals surface area contributed by atoms with Crippen LogP contribution >= 0.6 is 0 Å². The van der Waals surface area contributed by atoms with Gasteiger partial charge in [0.05, 0.1) is 25.9 Å². The molecular formula is C21H32N2O4. The molecule has 3 N–H and O–H groups in total. The summed E-state index contributed by atoms with van der Waals surface area (Å²) in [6.07, 6.45) is 1.88. The monoisotopic (exact) mass is 376 g/mol. The second-order valence-corrected chi connectivity index (χ2v) is 8.41. The van der Waals surface area contributed by atoms with E-state index >= 15 is 0 Å². The molecule has 1 aliphatic heterocycles. The maximum atomic E-state index is 12.5. The summed E-state index contributed by atoms with van der Waals surface area (Å²) in [6, 6.07) is 5.38. The van der Waals surface area contributed by atoms with Crippen LogP contribution in [0, 0.1) is 11.3 Å². The zero-order valence-corrected chi connectivity index (χ0v) is 16.8. The first kappa shape index (κ1) is 20.0. The minimum atomic E-state index is -0.564. The minimum absolute atomic E-state index is 0.00520. The van der Waals surface area contributed by atoms with Crippen LogP contribution in [0.25, 0.3) is 0 Å². The normalized spacial score (nSPS) is 27.3. The molecule has 1 aromatic rings. The number of amides is 1. The molecule has 2 aliphatic rings. The average Bonchev–Trinajstić information content (AvgIpc) is 3.40. The fraction of sp³-hybridized carbons (Fsp3) is 0.667. The molecule has 1 saturated heterocycles. The van der Waals surface area contributed by atoms with E-state index in [1.54, 1.807) is 25.9 Å². The van der Waals surface area contributed by atoms with Crippen molar-refractivity contribution < 1.29 is 19.4 Å². The molecule has 0 bridgehead atoms. The van der Waals surface area contributed by atoms with Crippen molar-refractivity contribution in [3.63, 3.8) is 0 Å². The van der Waals surface area contributed by atoms with Gasteiger partial charge in [-0.3, -0.25) is 4.79 Å². The lowest BCUT2D eigenvalue weighted by atomic mass is 9.72. The molecule has 0 unspecified atom stereocenters. The topological polar surface area (TPSA) is 85.0 Å². The van der Waals surface area contributed by atoms with Crippen molar-refractivity contribution in [1.82, 2.24) is 4.90 Å². The first-order valence-corrected chi connectivity index (χ1v) is 9.79. The number of nitrogens with two attached hydrogens (primary N) is 1. The Balaban J connectivity index is 1.89. The van der Waals surface area contributed by atoms with Crippen molar-refractivity contribution in [2.75, 3.05) is 26.8 Å². The molecule has 6 heteroatoms. The largest absolute Gasteiger partial charge is 0.493 e. The predicted octanol–water partition coefficient (Wildman–Crippen LogP) is 2.14. The quantitative estimate of drug-likeness (QED) is 0.762. The number of ether oxygens (including phenoxy) is 2. The number of hydrogen-bond acceptors (Lipinski definition) is 5. The Kier molecular flexibility index (Phi) is 5.68. The zero-order valence-electron chi connectivity index (χ0n) is 16.8. The lowest BCUT2D eigenvalue weighted by Crippen LogP contribution is -2.43. The van der Waals surface area contributed by atoms with E-state index < -0.39 is 17.6 Å². The van der Waals surface area contributed by atoms with Gasteiger partial charge in [-0.15, -0.1) is 0 Å². The molecule has 1 amide bonds. The molecule has 1 heterocycles.